The number of carbonyl (C=O) groups is 1. The second kappa shape index (κ2) is 7.44. The number of nitrogens with one attached hydrogen (secondary N) is 1. The summed E-state index contributed by atoms with van der Waals surface area (Å²) in [4.78, 5) is 24.4. The summed E-state index contributed by atoms with van der Waals surface area (Å²) in [5.41, 5.74) is 0.225. The van der Waals surface area contributed by atoms with Crippen LogP contribution in [0.1, 0.15) is 0 Å². The molecule has 0 radical (unpaired) electrons. The van der Waals surface area contributed by atoms with Crippen molar-refractivity contribution in [2.45, 2.75) is 13.2 Å². The second-order valence-corrected chi connectivity index (χ2v) is 5.55. The maximum absolute atomic E-state index is 12.3. The normalized spacial score (nSPS) is 10.9. The van der Waals surface area contributed by atoms with Crippen molar-refractivity contribution in [2.24, 2.45) is 0 Å². The lowest BCUT2D eigenvalue weighted by Crippen LogP contribution is -2.30. The molecular formula is C16H11ClF2N4O3. The van der Waals surface area contributed by atoms with Crippen LogP contribution < -0.4 is 15.6 Å². The highest BCUT2D eigenvalue weighted by atomic mass is 35.5. The first kappa shape index (κ1) is 17.7. The maximum Gasteiger partial charge on any atom is 0.387 e. The van der Waals surface area contributed by atoms with Crippen molar-refractivity contribution in [2.75, 3.05) is 5.32 Å². The number of halogens is 3. The first-order chi connectivity index (χ1) is 12.4. The van der Waals surface area contributed by atoms with Crippen molar-refractivity contribution in [3.8, 4) is 5.75 Å². The fraction of sp³-hybridized carbons (Fsp3) is 0.125. The maximum atomic E-state index is 12.3. The summed E-state index contributed by atoms with van der Waals surface area (Å²) in [7, 11) is 0. The number of hydrogen-bond acceptors (Lipinski definition) is 5. The molecule has 0 atom stereocenters. The number of alkyl halides is 2. The molecule has 0 unspecified atom stereocenters. The number of ether oxygens (including phenoxy) is 1. The molecule has 1 N–H and O–H groups in total. The number of nitrogens with zero attached hydrogens (tertiary/aromatic N) is 3. The minimum Gasteiger partial charge on any atom is -0.433 e. The van der Waals surface area contributed by atoms with Crippen molar-refractivity contribution >= 4 is 34.1 Å². The van der Waals surface area contributed by atoms with E-state index in [0.717, 1.165) is 4.68 Å². The number of carbonyl (C=O) groups excluding carboxylic acids is 1. The highest BCUT2D eigenvalue weighted by molar-refractivity contribution is 6.32. The van der Waals surface area contributed by atoms with E-state index in [1.54, 1.807) is 24.3 Å². The van der Waals surface area contributed by atoms with E-state index in [9.17, 15) is 18.4 Å². The van der Waals surface area contributed by atoms with E-state index >= 15 is 0 Å². The van der Waals surface area contributed by atoms with Gasteiger partial charge in [-0.05, 0) is 30.3 Å². The predicted molar refractivity (Wildman–Crippen MR) is 90.5 cm³/mol. The number of hydrogen-bond donors (Lipinski definition) is 1. The van der Waals surface area contributed by atoms with Gasteiger partial charge in [-0.2, -0.15) is 8.78 Å². The Labute approximate surface area is 150 Å². The molecule has 1 aromatic heterocycles. The summed E-state index contributed by atoms with van der Waals surface area (Å²) in [6.45, 7) is -3.38. The van der Waals surface area contributed by atoms with Crippen molar-refractivity contribution in [1.29, 1.82) is 0 Å². The first-order valence-corrected chi connectivity index (χ1v) is 7.68. The molecule has 0 aliphatic carbocycles. The largest absolute Gasteiger partial charge is 0.433 e. The molecule has 1 heterocycles. The lowest BCUT2D eigenvalue weighted by atomic mass is 10.2. The lowest BCUT2D eigenvalue weighted by Gasteiger charge is -2.10. The molecule has 0 spiro atoms. The van der Waals surface area contributed by atoms with Crippen LogP contribution in [-0.2, 0) is 11.3 Å². The fourth-order valence-corrected chi connectivity index (χ4v) is 2.46. The Balaban J connectivity index is 1.74. The van der Waals surface area contributed by atoms with Crippen LogP contribution in [0.3, 0.4) is 0 Å². The Morgan fingerprint density at radius 3 is 2.77 bits per heavy atom. The molecule has 2 aromatic carbocycles. The molecular weight excluding hydrogens is 370 g/mol. The molecule has 1 amide bonds. The SMILES string of the molecule is O=C(Cn1nnc2ccccc2c1=O)Nc1ccc(OC(F)F)c(Cl)c1. The van der Waals surface area contributed by atoms with E-state index in [2.05, 4.69) is 20.4 Å². The highest BCUT2D eigenvalue weighted by Gasteiger charge is 2.12. The molecule has 3 aromatic rings. The summed E-state index contributed by atoms with van der Waals surface area (Å²) in [5, 5.41) is 10.3. The van der Waals surface area contributed by atoms with Crippen molar-refractivity contribution in [3.63, 3.8) is 0 Å². The number of rotatable bonds is 5. The molecule has 0 fully saturated rings. The molecule has 0 aliphatic rings. The third-order valence-electron chi connectivity index (χ3n) is 3.35. The average Bonchev–Trinajstić information content (AvgIpc) is 2.60. The van der Waals surface area contributed by atoms with Crippen LogP contribution in [-0.4, -0.2) is 27.5 Å². The Hall–Kier alpha value is -3.07. The summed E-state index contributed by atoms with van der Waals surface area (Å²) in [6.07, 6.45) is 0. The quantitative estimate of drug-likeness (QED) is 0.735. The standard InChI is InChI=1S/C16H11ClF2N4O3/c17-11-7-9(5-6-13(11)26-16(18)19)20-14(24)8-23-15(25)10-3-1-2-4-12(10)21-22-23/h1-7,16H,8H2,(H,20,24). The monoisotopic (exact) mass is 380 g/mol. The molecule has 10 heteroatoms. The van der Waals surface area contributed by atoms with Gasteiger partial charge >= 0.3 is 6.61 Å². The van der Waals surface area contributed by atoms with Gasteiger partial charge in [0.1, 0.15) is 17.8 Å². The van der Waals surface area contributed by atoms with Gasteiger partial charge in [-0.1, -0.05) is 28.9 Å². The van der Waals surface area contributed by atoms with Gasteiger partial charge in [0, 0.05) is 5.69 Å². The average molecular weight is 381 g/mol. The molecule has 7 nitrogen and oxygen atoms in total. The van der Waals surface area contributed by atoms with E-state index < -0.39 is 18.1 Å². The zero-order valence-corrected chi connectivity index (χ0v) is 13.8. The van der Waals surface area contributed by atoms with Gasteiger partial charge in [0.2, 0.25) is 5.91 Å². The number of aromatic nitrogens is 3. The minimum absolute atomic E-state index is 0.0919. The van der Waals surface area contributed by atoms with E-state index in [0.29, 0.717) is 10.9 Å². The first-order valence-electron chi connectivity index (χ1n) is 7.31. The van der Waals surface area contributed by atoms with Gasteiger partial charge in [-0.15, -0.1) is 5.10 Å². The van der Waals surface area contributed by atoms with Crippen LogP contribution in [0.4, 0.5) is 14.5 Å². The minimum atomic E-state index is -3.01. The van der Waals surface area contributed by atoms with E-state index in [-0.39, 0.29) is 23.0 Å². The summed E-state index contributed by atoms with van der Waals surface area (Å²) in [6, 6.07) is 10.4. The molecule has 26 heavy (non-hydrogen) atoms. The van der Waals surface area contributed by atoms with Crippen molar-refractivity contribution in [3.05, 3.63) is 57.8 Å². The van der Waals surface area contributed by atoms with E-state index in [4.69, 9.17) is 11.6 Å². The number of benzene rings is 2. The van der Waals surface area contributed by atoms with Gasteiger partial charge in [0.25, 0.3) is 5.56 Å². The molecule has 134 valence electrons. The van der Waals surface area contributed by atoms with Crippen LogP contribution in [0.25, 0.3) is 10.9 Å². The number of fused-ring (bicyclic) bond motifs is 1. The molecule has 0 saturated carbocycles. The van der Waals surface area contributed by atoms with Gasteiger partial charge < -0.3 is 10.1 Å². The van der Waals surface area contributed by atoms with Gasteiger partial charge in [-0.3, -0.25) is 9.59 Å². The third-order valence-corrected chi connectivity index (χ3v) is 3.65. The van der Waals surface area contributed by atoms with E-state index in [1.807, 2.05) is 0 Å². The van der Waals surface area contributed by atoms with Gasteiger partial charge in [-0.25, -0.2) is 4.68 Å². The molecule has 3 rings (SSSR count). The van der Waals surface area contributed by atoms with Gasteiger partial charge in [0.15, 0.2) is 0 Å². The van der Waals surface area contributed by atoms with Gasteiger partial charge in [0.05, 0.1) is 10.4 Å². The van der Waals surface area contributed by atoms with Crippen LogP contribution in [0, 0.1) is 0 Å². The van der Waals surface area contributed by atoms with Crippen LogP contribution >= 0.6 is 11.6 Å². The van der Waals surface area contributed by atoms with E-state index in [1.165, 1.54) is 18.2 Å². The second-order valence-electron chi connectivity index (χ2n) is 5.14. The van der Waals surface area contributed by atoms with Crippen molar-refractivity contribution in [1.82, 2.24) is 15.0 Å². The lowest BCUT2D eigenvalue weighted by molar-refractivity contribution is -0.117. The fourth-order valence-electron chi connectivity index (χ4n) is 2.23. The van der Waals surface area contributed by atoms with Crippen molar-refractivity contribution < 1.29 is 18.3 Å². The number of anilines is 1. The zero-order chi connectivity index (χ0) is 18.7. The Kier molecular flexibility index (Phi) is 5.08. The summed E-state index contributed by atoms with van der Waals surface area (Å²) in [5.74, 6) is -0.772. The van der Waals surface area contributed by atoms with Crippen LogP contribution in [0.2, 0.25) is 5.02 Å². The third kappa shape index (κ3) is 3.94. The highest BCUT2D eigenvalue weighted by Crippen LogP contribution is 2.28. The zero-order valence-electron chi connectivity index (χ0n) is 13.0. The molecule has 0 bridgehead atoms. The molecule has 0 aliphatic heterocycles. The molecule has 0 saturated heterocycles. The summed E-state index contributed by atoms with van der Waals surface area (Å²) >= 11 is 5.82. The Morgan fingerprint density at radius 2 is 2.04 bits per heavy atom. The summed E-state index contributed by atoms with van der Waals surface area (Å²) < 4.78 is 29.6. The predicted octanol–water partition coefficient (Wildman–Crippen LogP) is 2.69. The van der Waals surface area contributed by atoms with Crippen LogP contribution in [0.15, 0.2) is 47.3 Å². The smallest absolute Gasteiger partial charge is 0.387 e. The number of amides is 1. The Bertz CT molecular complexity index is 1030. The van der Waals surface area contributed by atoms with Crippen LogP contribution in [0.5, 0.6) is 5.75 Å². The topological polar surface area (TPSA) is 86.1 Å². The Morgan fingerprint density at radius 1 is 1.27 bits per heavy atom.